The number of anilines is 2. The van der Waals surface area contributed by atoms with E-state index in [1.54, 1.807) is 12.1 Å². The molecule has 0 aliphatic carbocycles. The van der Waals surface area contributed by atoms with Gasteiger partial charge < -0.3 is 11.1 Å². The Bertz CT molecular complexity index is 467. The molecule has 0 saturated carbocycles. The molecule has 2 aromatic rings. The second-order valence-corrected chi connectivity index (χ2v) is 3.72. The fourth-order valence-electron chi connectivity index (χ4n) is 1.13. The van der Waals surface area contributed by atoms with Gasteiger partial charge in [-0.15, -0.1) is 0 Å². The second-order valence-electron chi connectivity index (χ2n) is 2.94. The summed E-state index contributed by atoms with van der Waals surface area (Å²) in [5.74, 6) is 0.162. The molecule has 1 amide bonds. The Labute approximate surface area is 90.8 Å². The summed E-state index contributed by atoms with van der Waals surface area (Å²) in [5, 5.41) is 6.52. The molecule has 2 heterocycles. The van der Waals surface area contributed by atoms with Gasteiger partial charge in [-0.2, -0.15) is 11.3 Å². The molecule has 15 heavy (non-hydrogen) atoms. The van der Waals surface area contributed by atoms with Crippen LogP contribution in [0, 0.1) is 0 Å². The number of nitrogen functional groups attached to an aromatic ring is 1. The summed E-state index contributed by atoms with van der Waals surface area (Å²) in [6.07, 6.45) is 1.51. The number of amides is 1. The number of thiophene rings is 1. The molecule has 0 fully saturated rings. The summed E-state index contributed by atoms with van der Waals surface area (Å²) in [7, 11) is 0. The average Bonchev–Trinajstić information content (AvgIpc) is 2.70. The Hall–Kier alpha value is -1.88. The van der Waals surface area contributed by atoms with Gasteiger partial charge in [0, 0.05) is 17.1 Å². The zero-order valence-electron chi connectivity index (χ0n) is 7.81. The first-order chi connectivity index (χ1) is 7.25. The second kappa shape index (κ2) is 4.10. The number of rotatable bonds is 2. The van der Waals surface area contributed by atoms with Crippen molar-refractivity contribution in [3.05, 3.63) is 40.7 Å². The molecule has 0 radical (unpaired) electrons. The molecule has 2 rings (SSSR count). The van der Waals surface area contributed by atoms with Crippen molar-refractivity contribution in [2.24, 2.45) is 0 Å². The van der Waals surface area contributed by atoms with Crippen molar-refractivity contribution in [1.82, 2.24) is 4.98 Å². The van der Waals surface area contributed by atoms with Crippen LogP contribution in [-0.2, 0) is 0 Å². The lowest BCUT2D eigenvalue weighted by Crippen LogP contribution is -2.11. The third-order valence-electron chi connectivity index (χ3n) is 1.82. The van der Waals surface area contributed by atoms with Crippen LogP contribution in [0.25, 0.3) is 0 Å². The van der Waals surface area contributed by atoms with E-state index in [2.05, 4.69) is 10.3 Å². The lowest BCUT2D eigenvalue weighted by atomic mass is 10.2. The molecule has 0 unspecified atom stereocenters. The first kappa shape index (κ1) is 9.67. The molecule has 0 aromatic carbocycles. The summed E-state index contributed by atoms with van der Waals surface area (Å²) in [5.41, 5.74) is 6.78. The zero-order chi connectivity index (χ0) is 10.7. The quantitative estimate of drug-likeness (QED) is 0.811. The van der Waals surface area contributed by atoms with E-state index in [9.17, 15) is 4.79 Å². The van der Waals surface area contributed by atoms with Crippen LogP contribution in [0.5, 0.6) is 0 Å². The van der Waals surface area contributed by atoms with Crippen molar-refractivity contribution in [3.63, 3.8) is 0 Å². The van der Waals surface area contributed by atoms with Crippen LogP contribution in [0.4, 0.5) is 11.5 Å². The first-order valence-electron chi connectivity index (χ1n) is 4.31. The van der Waals surface area contributed by atoms with Gasteiger partial charge in [-0.25, -0.2) is 4.98 Å². The van der Waals surface area contributed by atoms with E-state index in [4.69, 9.17) is 5.73 Å². The Kier molecular flexibility index (Phi) is 2.64. The molecule has 0 saturated heterocycles. The van der Waals surface area contributed by atoms with Crippen LogP contribution in [-0.4, -0.2) is 10.9 Å². The molecule has 0 bridgehead atoms. The topological polar surface area (TPSA) is 68.0 Å². The number of hydrogen-bond donors (Lipinski definition) is 2. The van der Waals surface area contributed by atoms with Gasteiger partial charge in [0.15, 0.2) is 0 Å². The number of nitrogens with two attached hydrogens (primary N) is 1. The van der Waals surface area contributed by atoms with Crippen molar-refractivity contribution < 1.29 is 4.79 Å². The van der Waals surface area contributed by atoms with E-state index >= 15 is 0 Å². The smallest absolute Gasteiger partial charge is 0.255 e. The predicted octanol–water partition coefficient (Wildman–Crippen LogP) is 1.98. The van der Waals surface area contributed by atoms with Gasteiger partial charge in [-0.05, 0) is 23.6 Å². The Balaban J connectivity index is 2.15. The third kappa shape index (κ3) is 2.32. The van der Waals surface area contributed by atoms with Gasteiger partial charge in [-0.3, -0.25) is 4.79 Å². The molecule has 0 spiro atoms. The SMILES string of the molecule is Nc1cc(C(=O)Nc2ccsc2)ccn1. The van der Waals surface area contributed by atoms with Crippen molar-refractivity contribution in [2.45, 2.75) is 0 Å². The van der Waals surface area contributed by atoms with Gasteiger partial charge in [0.25, 0.3) is 5.91 Å². The van der Waals surface area contributed by atoms with E-state index in [1.807, 2.05) is 16.8 Å². The molecule has 76 valence electrons. The largest absolute Gasteiger partial charge is 0.384 e. The summed E-state index contributed by atoms with van der Waals surface area (Å²) >= 11 is 1.53. The molecule has 0 atom stereocenters. The molecule has 3 N–H and O–H groups in total. The monoisotopic (exact) mass is 219 g/mol. The van der Waals surface area contributed by atoms with Gasteiger partial charge >= 0.3 is 0 Å². The molecule has 0 aliphatic rings. The Morgan fingerprint density at radius 3 is 3.00 bits per heavy atom. The van der Waals surface area contributed by atoms with Crippen LogP contribution < -0.4 is 11.1 Å². The van der Waals surface area contributed by atoms with Crippen LogP contribution in [0.15, 0.2) is 35.2 Å². The standard InChI is InChI=1S/C10H9N3OS/c11-9-5-7(1-3-12-9)10(14)13-8-2-4-15-6-8/h1-6H,(H2,11,12)(H,13,14). The summed E-state index contributed by atoms with van der Waals surface area (Å²) in [4.78, 5) is 15.5. The Morgan fingerprint density at radius 1 is 1.47 bits per heavy atom. The van der Waals surface area contributed by atoms with E-state index < -0.39 is 0 Å². The Morgan fingerprint density at radius 2 is 2.33 bits per heavy atom. The van der Waals surface area contributed by atoms with Gasteiger partial charge in [0.1, 0.15) is 5.82 Å². The minimum Gasteiger partial charge on any atom is -0.384 e. The molecule has 0 aliphatic heterocycles. The highest BCUT2D eigenvalue weighted by Gasteiger charge is 2.06. The van der Waals surface area contributed by atoms with E-state index in [0.717, 1.165) is 5.69 Å². The predicted molar refractivity (Wildman–Crippen MR) is 60.9 cm³/mol. The highest BCUT2D eigenvalue weighted by molar-refractivity contribution is 7.08. The van der Waals surface area contributed by atoms with Gasteiger partial charge in [0.2, 0.25) is 0 Å². The van der Waals surface area contributed by atoms with Crippen LogP contribution in [0.2, 0.25) is 0 Å². The highest BCUT2D eigenvalue weighted by Crippen LogP contribution is 2.13. The van der Waals surface area contributed by atoms with Crippen molar-refractivity contribution in [2.75, 3.05) is 11.1 Å². The first-order valence-corrected chi connectivity index (χ1v) is 5.25. The maximum atomic E-state index is 11.7. The number of nitrogens with one attached hydrogen (secondary N) is 1. The number of aromatic nitrogens is 1. The maximum absolute atomic E-state index is 11.7. The lowest BCUT2D eigenvalue weighted by Gasteiger charge is -2.02. The maximum Gasteiger partial charge on any atom is 0.255 e. The third-order valence-corrected chi connectivity index (χ3v) is 2.51. The van der Waals surface area contributed by atoms with Crippen molar-refractivity contribution in [1.29, 1.82) is 0 Å². The minimum atomic E-state index is -0.178. The van der Waals surface area contributed by atoms with Crippen LogP contribution in [0.3, 0.4) is 0 Å². The fourth-order valence-corrected chi connectivity index (χ4v) is 1.72. The number of carbonyl (C=O) groups excluding carboxylic acids is 1. The van der Waals surface area contributed by atoms with E-state index in [1.165, 1.54) is 17.5 Å². The summed E-state index contributed by atoms with van der Waals surface area (Å²) in [6.45, 7) is 0. The van der Waals surface area contributed by atoms with Gasteiger partial charge in [0.05, 0.1) is 5.69 Å². The van der Waals surface area contributed by atoms with Crippen molar-refractivity contribution in [3.8, 4) is 0 Å². The number of pyridine rings is 1. The number of hydrogen-bond acceptors (Lipinski definition) is 4. The average molecular weight is 219 g/mol. The minimum absolute atomic E-state index is 0.178. The highest BCUT2D eigenvalue weighted by atomic mass is 32.1. The molecule has 5 heteroatoms. The van der Waals surface area contributed by atoms with E-state index in [-0.39, 0.29) is 5.91 Å². The summed E-state index contributed by atoms with van der Waals surface area (Å²) in [6, 6.07) is 5.01. The molecular formula is C10H9N3OS. The fraction of sp³-hybridized carbons (Fsp3) is 0. The zero-order valence-corrected chi connectivity index (χ0v) is 8.62. The van der Waals surface area contributed by atoms with Gasteiger partial charge in [-0.1, -0.05) is 0 Å². The lowest BCUT2D eigenvalue weighted by molar-refractivity contribution is 0.102. The summed E-state index contributed by atoms with van der Waals surface area (Å²) < 4.78 is 0. The van der Waals surface area contributed by atoms with Crippen molar-refractivity contribution >= 4 is 28.7 Å². The number of carbonyl (C=O) groups is 1. The molecule has 4 nitrogen and oxygen atoms in total. The number of nitrogens with zero attached hydrogens (tertiary/aromatic N) is 1. The molecular weight excluding hydrogens is 210 g/mol. The van der Waals surface area contributed by atoms with Crippen LogP contribution >= 0.6 is 11.3 Å². The van der Waals surface area contributed by atoms with Crippen LogP contribution in [0.1, 0.15) is 10.4 Å². The molecule has 2 aromatic heterocycles. The normalized spacial score (nSPS) is 9.87. The van der Waals surface area contributed by atoms with E-state index in [0.29, 0.717) is 11.4 Å².